The molecular weight excluding hydrogens is 238 g/mol. The van der Waals surface area contributed by atoms with Crippen LogP contribution < -0.4 is 0 Å². The minimum atomic E-state index is -0.585. The summed E-state index contributed by atoms with van der Waals surface area (Å²) in [4.78, 5) is 0. The molecule has 0 nitrogen and oxygen atoms in total. The summed E-state index contributed by atoms with van der Waals surface area (Å²) in [6.07, 6.45) is 0. The molecule has 0 unspecified atom stereocenters. The molecule has 0 N–H and O–H groups in total. The van der Waals surface area contributed by atoms with E-state index in [1.54, 1.807) is 6.92 Å². The van der Waals surface area contributed by atoms with Gasteiger partial charge in [0.2, 0.25) is 0 Å². The molecule has 1 aromatic carbocycles. The fourth-order valence-corrected chi connectivity index (χ4v) is 2.13. The standard InChI is InChI=1S/C11H6ClF2S/c1-6-2-8(13)11(9(14)3-6)7-4-10(12)15-5-7/h2-4H,1H3. The Morgan fingerprint density at radius 2 is 1.80 bits per heavy atom. The Bertz CT molecular complexity index is 482. The second kappa shape index (κ2) is 3.91. The van der Waals surface area contributed by atoms with Gasteiger partial charge in [-0.25, -0.2) is 8.78 Å². The molecule has 77 valence electrons. The zero-order chi connectivity index (χ0) is 11.0. The summed E-state index contributed by atoms with van der Waals surface area (Å²) < 4.78 is 27.5. The fraction of sp³-hybridized carbons (Fsp3) is 0.0909. The van der Waals surface area contributed by atoms with Crippen LogP contribution in [0.1, 0.15) is 5.56 Å². The summed E-state index contributed by atoms with van der Waals surface area (Å²) in [6.45, 7) is 1.64. The lowest BCUT2D eigenvalue weighted by Crippen LogP contribution is -1.90. The molecule has 0 saturated heterocycles. The first kappa shape index (κ1) is 10.6. The molecular formula is C11H6ClF2S. The first-order valence-electron chi connectivity index (χ1n) is 4.21. The molecule has 0 atom stereocenters. The maximum absolute atomic E-state index is 13.5. The highest BCUT2D eigenvalue weighted by Crippen LogP contribution is 2.32. The molecule has 4 heteroatoms. The number of hydrogen-bond donors (Lipinski definition) is 0. The summed E-state index contributed by atoms with van der Waals surface area (Å²) in [7, 11) is 0. The predicted octanol–water partition coefficient (Wildman–Crippen LogP) is 4.46. The van der Waals surface area contributed by atoms with Crippen molar-refractivity contribution in [3.63, 3.8) is 0 Å². The summed E-state index contributed by atoms with van der Waals surface area (Å²) in [5, 5.41) is 2.75. The lowest BCUT2D eigenvalue weighted by atomic mass is 10.1. The van der Waals surface area contributed by atoms with E-state index >= 15 is 0 Å². The van der Waals surface area contributed by atoms with Crippen molar-refractivity contribution < 1.29 is 8.78 Å². The molecule has 0 aliphatic heterocycles. The van der Waals surface area contributed by atoms with E-state index in [4.69, 9.17) is 11.6 Å². The van der Waals surface area contributed by atoms with Crippen LogP contribution in [0.5, 0.6) is 0 Å². The average molecular weight is 244 g/mol. The van der Waals surface area contributed by atoms with E-state index in [0.717, 1.165) is 11.3 Å². The van der Waals surface area contributed by atoms with Gasteiger partial charge in [-0.2, -0.15) is 0 Å². The Hall–Kier alpha value is -0.930. The van der Waals surface area contributed by atoms with E-state index in [0.29, 0.717) is 15.5 Å². The van der Waals surface area contributed by atoms with Crippen LogP contribution in [0.4, 0.5) is 8.78 Å². The molecule has 2 aromatic rings. The van der Waals surface area contributed by atoms with Crippen LogP contribution in [0.15, 0.2) is 18.2 Å². The van der Waals surface area contributed by atoms with Gasteiger partial charge < -0.3 is 0 Å². The molecule has 0 saturated carbocycles. The highest BCUT2D eigenvalue weighted by molar-refractivity contribution is 7.14. The third-order valence-corrected chi connectivity index (χ3v) is 2.95. The third kappa shape index (κ3) is 2.03. The molecule has 0 bridgehead atoms. The van der Waals surface area contributed by atoms with Crippen molar-refractivity contribution in [1.29, 1.82) is 0 Å². The average Bonchev–Trinajstić information content (AvgIpc) is 2.49. The van der Waals surface area contributed by atoms with Gasteiger partial charge >= 0.3 is 0 Å². The molecule has 0 spiro atoms. The van der Waals surface area contributed by atoms with Gasteiger partial charge in [-0.3, -0.25) is 0 Å². The highest BCUT2D eigenvalue weighted by Gasteiger charge is 2.13. The van der Waals surface area contributed by atoms with Gasteiger partial charge in [-0.15, -0.1) is 11.3 Å². The SMILES string of the molecule is Cc1cc(F)c(-c2[c]sc(Cl)c2)c(F)c1. The monoisotopic (exact) mass is 243 g/mol. The van der Waals surface area contributed by atoms with Crippen LogP contribution in [-0.4, -0.2) is 0 Å². The van der Waals surface area contributed by atoms with Crippen molar-refractivity contribution in [1.82, 2.24) is 0 Å². The predicted molar refractivity (Wildman–Crippen MR) is 58.3 cm³/mol. The van der Waals surface area contributed by atoms with Gasteiger partial charge in [0.05, 0.1) is 15.3 Å². The van der Waals surface area contributed by atoms with Crippen molar-refractivity contribution >= 4 is 22.9 Å². The van der Waals surface area contributed by atoms with E-state index < -0.39 is 11.6 Å². The van der Waals surface area contributed by atoms with E-state index in [9.17, 15) is 8.78 Å². The van der Waals surface area contributed by atoms with Gasteiger partial charge in [-0.05, 0) is 30.7 Å². The largest absolute Gasteiger partial charge is 0.206 e. The number of aryl methyl sites for hydroxylation is 1. The Labute approximate surface area is 95.1 Å². The summed E-state index contributed by atoms with van der Waals surface area (Å²) >= 11 is 6.82. The number of halogens is 3. The van der Waals surface area contributed by atoms with E-state index in [2.05, 4.69) is 5.38 Å². The maximum atomic E-state index is 13.5. The normalized spacial score (nSPS) is 10.7. The van der Waals surface area contributed by atoms with Crippen molar-refractivity contribution in [3.05, 3.63) is 45.1 Å². The minimum absolute atomic E-state index is 0.0660. The Kier molecular flexibility index (Phi) is 2.76. The third-order valence-electron chi connectivity index (χ3n) is 1.97. The van der Waals surface area contributed by atoms with Crippen molar-refractivity contribution in [2.45, 2.75) is 6.92 Å². The molecule has 0 aliphatic rings. The number of benzene rings is 1. The molecule has 0 amide bonds. The maximum Gasteiger partial charge on any atom is 0.134 e. The van der Waals surface area contributed by atoms with Gasteiger partial charge in [-0.1, -0.05) is 11.6 Å². The van der Waals surface area contributed by atoms with Crippen LogP contribution in [0.25, 0.3) is 11.1 Å². The van der Waals surface area contributed by atoms with Crippen molar-refractivity contribution in [2.24, 2.45) is 0 Å². The zero-order valence-electron chi connectivity index (χ0n) is 7.77. The molecule has 15 heavy (non-hydrogen) atoms. The molecule has 0 fully saturated rings. The molecule has 2 rings (SSSR count). The van der Waals surface area contributed by atoms with E-state index in [1.165, 1.54) is 18.2 Å². The van der Waals surface area contributed by atoms with Crippen LogP contribution in [0, 0.1) is 23.9 Å². The van der Waals surface area contributed by atoms with Crippen LogP contribution in [0.2, 0.25) is 4.34 Å². The Balaban J connectivity index is 2.62. The lowest BCUT2D eigenvalue weighted by molar-refractivity contribution is 0.588. The smallest absolute Gasteiger partial charge is 0.134 e. The number of thiophene rings is 1. The topological polar surface area (TPSA) is 0 Å². The van der Waals surface area contributed by atoms with Crippen LogP contribution >= 0.6 is 22.9 Å². The van der Waals surface area contributed by atoms with Gasteiger partial charge in [0.1, 0.15) is 11.6 Å². The van der Waals surface area contributed by atoms with Gasteiger partial charge in [0.15, 0.2) is 0 Å². The first-order valence-corrected chi connectivity index (χ1v) is 5.40. The zero-order valence-corrected chi connectivity index (χ0v) is 9.35. The quantitative estimate of drug-likeness (QED) is 0.694. The molecule has 1 aromatic heterocycles. The highest BCUT2D eigenvalue weighted by atomic mass is 35.5. The van der Waals surface area contributed by atoms with Gasteiger partial charge in [0.25, 0.3) is 0 Å². The first-order chi connectivity index (χ1) is 7.08. The van der Waals surface area contributed by atoms with E-state index in [-0.39, 0.29) is 5.56 Å². The molecule has 0 aliphatic carbocycles. The number of rotatable bonds is 1. The fourth-order valence-electron chi connectivity index (χ4n) is 1.36. The minimum Gasteiger partial charge on any atom is -0.206 e. The second-order valence-corrected chi connectivity index (χ2v) is 4.65. The van der Waals surface area contributed by atoms with E-state index in [1.807, 2.05) is 0 Å². The molecule has 1 heterocycles. The van der Waals surface area contributed by atoms with Crippen molar-refractivity contribution in [2.75, 3.05) is 0 Å². The van der Waals surface area contributed by atoms with Crippen LogP contribution in [-0.2, 0) is 0 Å². The Morgan fingerprint density at radius 3 is 2.27 bits per heavy atom. The summed E-state index contributed by atoms with van der Waals surface area (Å²) in [6, 6.07) is 4.08. The summed E-state index contributed by atoms with van der Waals surface area (Å²) in [5.41, 5.74) is 0.846. The molecule has 1 radical (unpaired) electrons. The Morgan fingerprint density at radius 1 is 1.20 bits per heavy atom. The summed E-state index contributed by atoms with van der Waals surface area (Å²) in [5.74, 6) is -1.17. The lowest BCUT2D eigenvalue weighted by Gasteiger charge is -2.03. The van der Waals surface area contributed by atoms with Crippen molar-refractivity contribution in [3.8, 4) is 11.1 Å². The van der Waals surface area contributed by atoms with Crippen LogP contribution in [0.3, 0.4) is 0 Å². The number of hydrogen-bond acceptors (Lipinski definition) is 1. The second-order valence-electron chi connectivity index (χ2n) is 3.17. The van der Waals surface area contributed by atoms with Gasteiger partial charge in [0, 0.05) is 5.56 Å².